The van der Waals surface area contributed by atoms with E-state index in [1.54, 1.807) is 6.08 Å². The van der Waals surface area contributed by atoms with Gasteiger partial charge in [0.2, 0.25) is 0 Å². The van der Waals surface area contributed by atoms with Crippen molar-refractivity contribution < 1.29 is 32.9 Å². The largest absolute Gasteiger partial charge is 0.481 e. The quantitative estimate of drug-likeness (QED) is 0.708. The van der Waals surface area contributed by atoms with Gasteiger partial charge in [-0.15, -0.1) is 0 Å². The van der Waals surface area contributed by atoms with Gasteiger partial charge >= 0.3 is 12.1 Å². The molecule has 2 N–H and O–H groups in total. The number of alkyl halides is 3. The lowest BCUT2D eigenvalue weighted by Gasteiger charge is -2.37. The highest BCUT2D eigenvalue weighted by molar-refractivity contribution is 5.81. The first-order chi connectivity index (χ1) is 15.5. The van der Waals surface area contributed by atoms with Gasteiger partial charge in [0.1, 0.15) is 5.60 Å². The number of rotatable bonds is 4. The van der Waals surface area contributed by atoms with Crippen molar-refractivity contribution in [2.75, 3.05) is 33.4 Å². The van der Waals surface area contributed by atoms with Gasteiger partial charge in [0.15, 0.2) is 0 Å². The molecule has 0 saturated carbocycles. The SMILES string of the molecule is C=Cc1ccc(C2(O)COC2)cc1.CN1CCC(C(=O)O)(c2ccc(C(F)(F)F)cc2)CC1. The molecule has 0 radical (unpaired) electrons. The molecule has 0 amide bonds. The number of carboxylic acid groups (broad SMARTS) is 1. The van der Waals surface area contributed by atoms with Crippen molar-refractivity contribution in [2.24, 2.45) is 0 Å². The standard InChI is InChI=1S/C14H16F3NO2.C11H12O2/c1-18-8-6-13(7-9-18,12(19)20)10-2-4-11(5-3-10)14(15,16)17;1-2-9-3-5-10(6-4-9)11(12)7-13-8-11/h2-5H,6-9H2,1H3,(H,19,20);2-6,12H,1,7-8H2. The molecule has 2 heterocycles. The van der Waals surface area contributed by atoms with E-state index >= 15 is 0 Å². The summed E-state index contributed by atoms with van der Waals surface area (Å²) in [6.45, 7) is 5.71. The molecule has 0 aromatic heterocycles. The number of aliphatic hydroxyl groups is 1. The van der Waals surface area contributed by atoms with Gasteiger partial charge in [0, 0.05) is 0 Å². The zero-order chi connectivity index (χ0) is 24.3. The molecule has 2 saturated heterocycles. The Labute approximate surface area is 191 Å². The van der Waals surface area contributed by atoms with Crippen LogP contribution in [0.4, 0.5) is 13.2 Å². The third-order valence-electron chi connectivity index (χ3n) is 6.38. The predicted octanol–water partition coefficient (Wildman–Crippen LogP) is 4.30. The average Bonchev–Trinajstić information content (AvgIpc) is 2.78. The number of likely N-dealkylation sites (tertiary alicyclic amines) is 1. The minimum absolute atomic E-state index is 0.403. The van der Waals surface area contributed by atoms with E-state index in [9.17, 15) is 28.2 Å². The third kappa shape index (κ3) is 5.46. The number of aliphatic carboxylic acids is 1. The smallest absolute Gasteiger partial charge is 0.416 e. The highest BCUT2D eigenvalue weighted by Gasteiger charge is 2.43. The Hall–Kier alpha value is -2.68. The first-order valence-corrected chi connectivity index (χ1v) is 10.6. The Morgan fingerprint density at radius 2 is 1.55 bits per heavy atom. The molecule has 2 aliphatic heterocycles. The van der Waals surface area contributed by atoms with Crippen LogP contribution in [0.3, 0.4) is 0 Å². The number of hydrogen-bond acceptors (Lipinski definition) is 4. The predicted molar refractivity (Wildman–Crippen MR) is 119 cm³/mol. The molecule has 4 rings (SSSR count). The van der Waals surface area contributed by atoms with Gasteiger partial charge in [0.25, 0.3) is 0 Å². The Balaban J connectivity index is 0.000000203. The van der Waals surface area contributed by atoms with Crippen molar-refractivity contribution in [1.29, 1.82) is 0 Å². The maximum atomic E-state index is 12.5. The molecule has 33 heavy (non-hydrogen) atoms. The molecule has 178 valence electrons. The van der Waals surface area contributed by atoms with E-state index in [-0.39, 0.29) is 0 Å². The van der Waals surface area contributed by atoms with Crippen LogP contribution >= 0.6 is 0 Å². The summed E-state index contributed by atoms with van der Waals surface area (Å²) >= 11 is 0. The van der Waals surface area contributed by atoms with E-state index in [4.69, 9.17) is 4.74 Å². The fourth-order valence-corrected chi connectivity index (χ4v) is 4.00. The van der Waals surface area contributed by atoms with E-state index in [0.717, 1.165) is 23.3 Å². The van der Waals surface area contributed by atoms with E-state index in [1.165, 1.54) is 12.1 Å². The van der Waals surface area contributed by atoms with Crippen LogP contribution in [0.1, 0.15) is 35.1 Å². The number of ether oxygens (including phenoxy) is 1. The summed E-state index contributed by atoms with van der Waals surface area (Å²) < 4.78 is 42.6. The minimum atomic E-state index is -4.40. The number of benzene rings is 2. The average molecular weight is 463 g/mol. The summed E-state index contributed by atoms with van der Waals surface area (Å²) in [6.07, 6.45) is -1.80. The van der Waals surface area contributed by atoms with Gasteiger partial charge in [-0.3, -0.25) is 4.79 Å². The van der Waals surface area contributed by atoms with Crippen molar-refractivity contribution in [1.82, 2.24) is 4.90 Å². The zero-order valence-corrected chi connectivity index (χ0v) is 18.4. The monoisotopic (exact) mass is 463 g/mol. The van der Waals surface area contributed by atoms with Gasteiger partial charge in [0.05, 0.1) is 24.2 Å². The molecular weight excluding hydrogens is 435 g/mol. The van der Waals surface area contributed by atoms with Gasteiger partial charge in [-0.05, 0) is 61.8 Å². The lowest BCUT2D eigenvalue weighted by Crippen LogP contribution is -2.46. The van der Waals surface area contributed by atoms with Gasteiger partial charge in [-0.1, -0.05) is 49.1 Å². The molecule has 0 spiro atoms. The fraction of sp³-hybridized carbons (Fsp3) is 0.400. The number of halogens is 3. The van der Waals surface area contributed by atoms with E-state index in [0.29, 0.717) is 44.7 Å². The number of carboxylic acids is 1. The summed E-state index contributed by atoms with van der Waals surface area (Å²) in [7, 11) is 1.90. The maximum Gasteiger partial charge on any atom is 0.416 e. The summed E-state index contributed by atoms with van der Waals surface area (Å²) in [4.78, 5) is 13.6. The molecule has 5 nitrogen and oxygen atoms in total. The molecule has 2 fully saturated rings. The van der Waals surface area contributed by atoms with Crippen LogP contribution in [0.15, 0.2) is 55.1 Å². The second-order valence-electron chi connectivity index (χ2n) is 8.62. The number of hydrogen-bond donors (Lipinski definition) is 2. The topological polar surface area (TPSA) is 70.0 Å². The summed E-state index contributed by atoms with van der Waals surface area (Å²) in [6, 6.07) is 12.2. The van der Waals surface area contributed by atoms with Crippen molar-refractivity contribution in [2.45, 2.75) is 30.0 Å². The molecule has 2 aromatic carbocycles. The number of carbonyl (C=O) groups is 1. The molecule has 2 aliphatic rings. The van der Waals surface area contributed by atoms with Crippen molar-refractivity contribution in [3.05, 3.63) is 77.4 Å². The normalized spacial score (nSPS) is 19.5. The first kappa shape index (κ1) is 25.0. The van der Waals surface area contributed by atoms with Crippen molar-refractivity contribution >= 4 is 12.0 Å². The maximum absolute atomic E-state index is 12.5. The van der Waals surface area contributed by atoms with Crippen LogP contribution in [-0.2, 0) is 26.7 Å². The second kappa shape index (κ2) is 9.67. The molecule has 0 aliphatic carbocycles. The van der Waals surface area contributed by atoms with Crippen molar-refractivity contribution in [3.63, 3.8) is 0 Å². The second-order valence-corrected chi connectivity index (χ2v) is 8.62. The minimum Gasteiger partial charge on any atom is -0.481 e. The van der Waals surface area contributed by atoms with Crippen LogP contribution in [0, 0.1) is 0 Å². The van der Waals surface area contributed by atoms with Crippen LogP contribution in [0.25, 0.3) is 6.08 Å². The van der Waals surface area contributed by atoms with Crippen molar-refractivity contribution in [3.8, 4) is 0 Å². The van der Waals surface area contributed by atoms with E-state index < -0.39 is 28.7 Å². The van der Waals surface area contributed by atoms with Gasteiger partial charge in [-0.2, -0.15) is 13.2 Å². The van der Waals surface area contributed by atoms with Crippen LogP contribution in [-0.4, -0.2) is 54.4 Å². The Kier molecular flexibility index (Phi) is 7.31. The lowest BCUT2D eigenvalue weighted by molar-refractivity contribution is -0.184. The van der Waals surface area contributed by atoms with E-state index in [2.05, 4.69) is 6.58 Å². The summed E-state index contributed by atoms with van der Waals surface area (Å²) in [5.41, 5.74) is -0.145. The van der Waals surface area contributed by atoms with E-state index in [1.807, 2.05) is 36.2 Å². The van der Waals surface area contributed by atoms with Crippen LogP contribution in [0.5, 0.6) is 0 Å². The molecular formula is C25H28F3NO4. The number of piperidine rings is 1. The Bertz CT molecular complexity index is 959. The highest BCUT2D eigenvalue weighted by atomic mass is 19.4. The molecule has 0 bridgehead atoms. The molecule has 2 aromatic rings. The Morgan fingerprint density at radius 3 is 1.94 bits per heavy atom. The molecule has 0 unspecified atom stereocenters. The first-order valence-electron chi connectivity index (χ1n) is 10.6. The molecule has 0 atom stereocenters. The fourth-order valence-electron chi connectivity index (χ4n) is 4.00. The summed E-state index contributed by atoms with van der Waals surface area (Å²) in [5.74, 6) is -0.967. The van der Waals surface area contributed by atoms with Crippen LogP contribution in [0.2, 0.25) is 0 Å². The van der Waals surface area contributed by atoms with Crippen LogP contribution < -0.4 is 0 Å². The highest BCUT2D eigenvalue weighted by Crippen LogP contribution is 2.37. The lowest BCUT2D eigenvalue weighted by atomic mass is 9.72. The number of nitrogens with zero attached hydrogens (tertiary/aromatic N) is 1. The summed E-state index contributed by atoms with van der Waals surface area (Å²) in [5, 5.41) is 19.4. The Morgan fingerprint density at radius 1 is 1.03 bits per heavy atom. The van der Waals surface area contributed by atoms with Gasteiger partial charge < -0.3 is 19.8 Å². The third-order valence-corrected chi connectivity index (χ3v) is 6.38. The zero-order valence-electron chi connectivity index (χ0n) is 18.4. The van der Waals surface area contributed by atoms with Gasteiger partial charge in [-0.25, -0.2) is 0 Å². The molecule has 8 heteroatoms.